The van der Waals surface area contributed by atoms with Crippen LogP contribution < -0.4 is 16.6 Å². The van der Waals surface area contributed by atoms with E-state index in [1.807, 2.05) is 6.07 Å². The second-order valence-electron chi connectivity index (χ2n) is 3.86. The van der Waals surface area contributed by atoms with Gasteiger partial charge < -0.3 is 10.7 Å². The first-order valence-electron chi connectivity index (χ1n) is 5.55. The van der Waals surface area contributed by atoms with Gasteiger partial charge in [-0.25, -0.2) is 4.39 Å². The molecule has 7 heteroatoms. The summed E-state index contributed by atoms with van der Waals surface area (Å²) in [5, 5.41) is 2.70. The summed E-state index contributed by atoms with van der Waals surface area (Å²) in [6.07, 6.45) is 0. The van der Waals surface area contributed by atoms with Gasteiger partial charge in [0.25, 0.3) is 5.91 Å². The number of nitrogens with one attached hydrogen (secondary N) is 2. The van der Waals surface area contributed by atoms with Crippen molar-refractivity contribution in [3.8, 4) is 0 Å². The molecule has 0 heterocycles. The fourth-order valence-electron chi connectivity index (χ4n) is 1.66. The van der Waals surface area contributed by atoms with Gasteiger partial charge in [0.15, 0.2) is 0 Å². The number of nitrogen functional groups attached to an aromatic ring is 1. The first-order valence-corrected chi connectivity index (χ1v) is 7.13. The third kappa shape index (κ3) is 3.00. The number of benzene rings is 2. The molecule has 0 aromatic heterocycles. The average molecular weight is 403 g/mol. The molecule has 104 valence electrons. The van der Waals surface area contributed by atoms with E-state index in [2.05, 4.69) is 42.6 Å². The Morgan fingerprint density at radius 3 is 2.25 bits per heavy atom. The number of hydrazine groups is 1. The zero-order valence-corrected chi connectivity index (χ0v) is 13.3. The number of nitrogens with two attached hydrogens (primary N) is 1. The van der Waals surface area contributed by atoms with Crippen LogP contribution in [-0.4, -0.2) is 5.91 Å². The fraction of sp³-hybridized carbons (Fsp3) is 0. The Morgan fingerprint density at radius 1 is 1.05 bits per heavy atom. The minimum Gasteiger partial charge on any atom is -0.321 e. The van der Waals surface area contributed by atoms with Crippen LogP contribution in [0.1, 0.15) is 10.4 Å². The summed E-state index contributed by atoms with van der Waals surface area (Å²) in [5.74, 6) is 4.20. The SMILES string of the molecule is NNc1c(F)cccc1C(=O)Nc1c(Br)cccc1Br. The molecule has 2 rings (SSSR count). The van der Waals surface area contributed by atoms with Crippen molar-refractivity contribution < 1.29 is 9.18 Å². The zero-order valence-electron chi connectivity index (χ0n) is 10.1. The quantitative estimate of drug-likeness (QED) is 0.539. The normalized spacial score (nSPS) is 10.2. The Bertz CT molecular complexity index is 644. The Hall–Kier alpha value is -1.44. The van der Waals surface area contributed by atoms with E-state index in [9.17, 15) is 9.18 Å². The molecular formula is C13H10Br2FN3O. The number of rotatable bonds is 3. The van der Waals surface area contributed by atoms with Crippen LogP contribution in [-0.2, 0) is 0 Å². The van der Waals surface area contributed by atoms with Crippen molar-refractivity contribution in [1.82, 2.24) is 0 Å². The van der Waals surface area contributed by atoms with Gasteiger partial charge in [-0.3, -0.25) is 10.6 Å². The third-order valence-electron chi connectivity index (χ3n) is 2.60. The predicted octanol–water partition coefficient (Wildman–Crippen LogP) is 3.89. The topological polar surface area (TPSA) is 67.1 Å². The third-order valence-corrected chi connectivity index (χ3v) is 3.93. The van der Waals surface area contributed by atoms with Gasteiger partial charge in [0.1, 0.15) is 5.82 Å². The van der Waals surface area contributed by atoms with E-state index in [1.165, 1.54) is 18.2 Å². The van der Waals surface area contributed by atoms with Crippen molar-refractivity contribution in [3.05, 3.63) is 56.7 Å². The summed E-state index contributed by atoms with van der Waals surface area (Å²) < 4.78 is 15.0. The fourth-order valence-corrected chi connectivity index (χ4v) is 2.85. The number of halogens is 3. The van der Waals surface area contributed by atoms with Crippen LogP contribution in [0.4, 0.5) is 15.8 Å². The molecule has 4 nitrogen and oxygen atoms in total. The van der Waals surface area contributed by atoms with Crippen molar-refractivity contribution in [3.63, 3.8) is 0 Å². The van der Waals surface area contributed by atoms with E-state index < -0.39 is 11.7 Å². The molecule has 20 heavy (non-hydrogen) atoms. The standard InChI is InChI=1S/C13H10Br2FN3O/c14-8-4-2-5-9(15)12(8)18-13(20)7-3-1-6-10(16)11(7)19-17/h1-6,19H,17H2,(H,18,20). The van der Waals surface area contributed by atoms with Gasteiger partial charge in [0, 0.05) is 8.95 Å². The Labute approximate surface area is 131 Å². The first-order chi connectivity index (χ1) is 9.54. The van der Waals surface area contributed by atoms with Crippen LogP contribution >= 0.6 is 31.9 Å². The summed E-state index contributed by atoms with van der Waals surface area (Å²) in [6.45, 7) is 0. The monoisotopic (exact) mass is 401 g/mol. The van der Waals surface area contributed by atoms with Crippen LogP contribution in [0.3, 0.4) is 0 Å². The molecule has 0 fully saturated rings. The summed E-state index contributed by atoms with van der Waals surface area (Å²) >= 11 is 6.68. The minimum atomic E-state index is -0.591. The summed E-state index contributed by atoms with van der Waals surface area (Å²) in [7, 11) is 0. The molecule has 0 spiro atoms. The van der Waals surface area contributed by atoms with E-state index in [-0.39, 0.29) is 11.3 Å². The van der Waals surface area contributed by atoms with Crippen molar-refractivity contribution in [1.29, 1.82) is 0 Å². The molecule has 0 aliphatic heterocycles. The predicted molar refractivity (Wildman–Crippen MR) is 84.0 cm³/mol. The zero-order chi connectivity index (χ0) is 14.7. The van der Waals surface area contributed by atoms with Gasteiger partial charge in [-0.05, 0) is 56.1 Å². The van der Waals surface area contributed by atoms with E-state index >= 15 is 0 Å². The smallest absolute Gasteiger partial charge is 0.257 e. The van der Waals surface area contributed by atoms with Crippen LogP contribution in [0, 0.1) is 5.82 Å². The maximum atomic E-state index is 13.6. The number of hydrogen-bond acceptors (Lipinski definition) is 3. The molecule has 2 aromatic rings. The highest BCUT2D eigenvalue weighted by Gasteiger charge is 2.16. The number of carbonyl (C=O) groups is 1. The lowest BCUT2D eigenvalue weighted by Crippen LogP contribution is -2.18. The van der Waals surface area contributed by atoms with Gasteiger partial charge in [0.2, 0.25) is 0 Å². The maximum absolute atomic E-state index is 13.6. The largest absolute Gasteiger partial charge is 0.321 e. The van der Waals surface area contributed by atoms with Crippen molar-refractivity contribution >= 4 is 49.1 Å². The molecule has 0 bridgehead atoms. The Balaban J connectivity index is 2.36. The van der Waals surface area contributed by atoms with Gasteiger partial charge in [-0.15, -0.1) is 0 Å². The van der Waals surface area contributed by atoms with E-state index in [0.29, 0.717) is 14.6 Å². The number of anilines is 2. The second-order valence-corrected chi connectivity index (χ2v) is 5.57. The second kappa shape index (κ2) is 6.34. The molecule has 4 N–H and O–H groups in total. The van der Waals surface area contributed by atoms with Crippen molar-refractivity contribution in [2.24, 2.45) is 5.84 Å². The van der Waals surface area contributed by atoms with Crippen LogP contribution in [0.5, 0.6) is 0 Å². The molecule has 0 aliphatic rings. The molecule has 0 saturated carbocycles. The van der Waals surface area contributed by atoms with Crippen LogP contribution in [0.15, 0.2) is 45.3 Å². The molecule has 0 unspecified atom stereocenters. The summed E-state index contributed by atoms with van der Waals surface area (Å²) in [5.41, 5.74) is 2.83. The van der Waals surface area contributed by atoms with E-state index in [0.717, 1.165) is 0 Å². The lowest BCUT2D eigenvalue weighted by Gasteiger charge is -2.12. The van der Waals surface area contributed by atoms with E-state index in [1.54, 1.807) is 12.1 Å². The lowest BCUT2D eigenvalue weighted by molar-refractivity contribution is 0.102. The van der Waals surface area contributed by atoms with Crippen molar-refractivity contribution in [2.75, 3.05) is 10.7 Å². The van der Waals surface area contributed by atoms with Crippen LogP contribution in [0.25, 0.3) is 0 Å². The highest BCUT2D eigenvalue weighted by molar-refractivity contribution is 9.11. The van der Waals surface area contributed by atoms with E-state index in [4.69, 9.17) is 5.84 Å². The Kier molecular flexibility index (Phi) is 4.74. The maximum Gasteiger partial charge on any atom is 0.257 e. The molecule has 0 atom stereocenters. The average Bonchev–Trinajstić information content (AvgIpc) is 2.42. The number of carbonyl (C=O) groups excluding carboxylic acids is 1. The van der Waals surface area contributed by atoms with Crippen LogP contribution in [0.2, 0.25) is 0 Å². The molecule has 0 saturated heterocycles. The first kappa shape index (κ1) is 15.0. The van der Waals surface area contributed by atoms with Gasteiger partial charge in [0.05, 0.1) is 16.9 Å². The van der Waals surface area contributed by atoms with Crippen molar-refractivity contribution in [2.45, 2.75) is 0 Å². The Morgan fingerprint density at radius 2 is 1.65 bits per heavy atom. The van der Waals surface area contributed by atoms with Gasteiger partial charge in [-0.2, -0.15) is 0 Å². The number of para-hydroxylation sites is 2. The molecule has 1 amide bonds. The molecule has 0 aliphatic carbocycles. The number of amides is 1. The number of hydrogen-bond donors (Lipinski definition) is 3. The lowest BCUT2D eigenvalue weighted by atomic mass is 10.1. The summed E-state index contributed by atoms with van der Waals surface area (Å²) in [6, 6.07) is 9.54. The highest BCUT2D eigenvalue weighted by Crippen LogP contribution is 2.31. The molecular weight excluding hydrogens is 393 g/mol. The molecule has 2 aromatic carbocycles. The summed E-state index contributed by atoms with van der Waals surface area (Å²) in [4.78, 5) is 12.2. The van der Waals surface area contributed by atoms with Gasteiger partial charge >= 0.3 is 0 Å². The minimum absolute atomic E-state index is 0.0480. The molecule has 0 radical (unpaired) electrons. The van der Waals surface area contributed by atoms with Gasteiger partial charge in [-0.1, -0.05) is 12.1 Å². The highest BCUT2D eigenvalue weighted by atomic mass is 79.9.